The second kappa shape index (κ2) is 6.24. The van der Waals surface area contributed by atoms with E-state index >= 15 is 0 Å². The molecule has 0 aromatic rings. The molecule has 1 rings (SSSR count). The number of ether oxygens (including phenoxy) is 1. The lowest BCUT2D eigenvalue weighted by Crippen LogP contribution is -2.46. The van der Waals surface area contributed by atoms with Crippen LogP contribution in [0.1, 0.15) is 59.3 Å². The van der Waals surface area contributed by atoms with Crippen LogP contribution in [0.2, 0.25) is 0 Å². The zero-order valence-electron chi connectivity index (χ0n) is 11.0. The molecule has 3 heteroatoms. The average Bonchev–Trinajstić information content (AvgIpc) is 2.44. The second-order valence-corrected chi connectivity index (χ2v) is 4.95. The molecule has 1 saturated carbocycles. The summed E-state index contributed by atoms with van der Waals surface area (Å²) in [6, 6.07) is 0.251. The Balaban J connectivity index is 2.84. The zero-order valence-corrected chi connectivity index (χ0v) is 11.0. The minimum atomic E-state index is -0.268. The summed E-state index contributed by atoms with van der Waals surface area (Å²) in [7, 11) is 0. The van der Waals surface area contributed by atoms with Crippen molar-refractivity contribution in [3.05, 3.63) is 0 Å². The van der Waals surface area contributed by atoms with E-state index in [1.807, 2.05) is 6.92 Å². The van der Waals surface area contributed by atoms with Crippen LogP contribution in [0.4, 0.5) is 0 Å². The van der Waals surface area contributed by atoms with Gasteiger partial charge in [0, 0.05) is 12.6 Å². The molecule has 0 unspecified atom stereocenters. The highest BCUT2D eigenvalue weighted by molar-refractivity contribution is 5.89. The third-order valence-corrected chi connectivity index (χ3v) is 3.20. The Hall–Kier alpha value is -0.570. The summed E-state index contributed by atoms with van der Waals surface area (Å²) in [6.07, 6.45) is 7.06. The van der Waals surface area contributed by atoms with Crippen molar-refractivity contribution in [2.24, 2.45) is 10.7 Å². The number of nitrogens with zero attached hydrogens (tertiary/aromatic N) is 1. The largest absolute Gasteiger partial charge is 0.385 e. The highest BCUT2D eigenvalue weighted by Gasteiger charge is 2.35. The normalized spacial score (nSPS) is 22.1. The molecule has 0 aromatic carbocycles. The van der Waals surface area contributed by atoms with Crippen molar-refractivity contribution in [1.29, 1.82) is 0 Å². The molecule has 2 N–H and O–H groups in total. The monoisotopic (exact) mass is 226 g/mol. The van der Waals surface area contributed by atoms with E-state index in [0.717, 1.165) is 12.8 Å². The van der Waals surface area contributed by atoms with Gasteiger partial charge in [-0.05, 0) is 33.6 Å². The lowest BCUT2D eigenvalue weighted by Gasteiger charge is -2.32. The van der Waals surface area contributed by atoms with E-state index in [2.05, 4.69) is 18.8 Å². The Labute approximate surface area is 99.5 Å². The molecule has 0 heterocycles. The van der Waals surface area contributed by atoms with E-state index in [4.69, 9.17) is 10.5 Å². The molecule has 0 amide bonds. The first kappa shape index (κ1) is 13.5. The van der Waals surface area contributed by atoms with E-state index in [1.165, 1.54) is 25.7 Å². The quantitative estimate of drug-likeness (QED) is 0.455. The van der Waals surface area contributed by atoms with Gasteiger partial charge in [-0.1, -0.05) is 25.7 Å². The molecule has 0 aromatic heterocycles. The lowest BCUT2D eigenvalue weighted by atomic mass is 9.92. The minimum Gasteiger partial charge on any atom is -0.385 e. The molecule has 0 atom stereocenters. The molecular weight excluding hydrogens is 200 g/mol. The average molecular weight is 226 g/mol. The van der Waals surface area contributed by atoms with Crippen LogP contribution in [0.15, 0.2) is 4.99 Å². The Morgan fingerprint density at radius 1 is 1.25 bits per heavy atom. The molecule has 0 aliphatic heterocycles. The first-order valence-corrected chi connectivity index (χ1v) is 6.58. The van der Waals surface area contributed by atoms with Gasteiger partial charge in [0.05, 0.1) is 0 Å². The predicted molar refractivity (Wildman–Crippen MR) is 68.8 cm³/mol. The molecule has 1 aliphatic rings. The van der Waals surface area contributed by atoms with Crippen LogP contribution in [0.25, 0.3) is 0 Å². The fourth-order valence-electron chi connectivity index (χ4n) is 2.45. The fraction of sp³-hybridized carbons (Fsp3) is 0.923. The van der Waals surface area contributed by atoms with E-state index in [0.29, 0.717) is 12.4 Å². The van der Waals surface area contributed by atoms with Crippen molar-refractivity contribution in [3.63, 3.8) is 0 Å². The molecule has 94 valence electrons. The summed E-state index contributed by atoms with van der Waals surface area (Å²) >= 11 is 0. The van der Waals surface area contributed by atoms with Crippen LogP contribution >= 0.6 is 0 Å². The first-order valence-electron chi connectivity index (χ1n) is 6.58. The van der Waals surface area contributed by atoms with Crippen LogP contribution in [-0.4, -0.2) is 24.1 Å². The summed E-state index contributed by atoms with van der Waals surface area (Å²) in [5.41, 5.74) is 5.90. The number of hydrogen-bond acceptors (Lipinski definition) is 2. The summed E-state index contributed by atoms with van der Waals surface area (Å²) < 4.78 is 5.96. The Morgan fingerprint density at radius 2 is 1.81 bits per heavy atom. The fourth-order valence-corrected chi connectivity index (χ4v) is 2.45. The number of amidine groups is 1. The smallest absolute Gasteiger partial charge is 0.127 e. The van der Waals surface area contributed by atoms with E-state index < -0.39 is 0 Å². The maximum absolute atomic E-state index is 6.16. The van der Waals surface area contributed by atoms with Crippen LogP contribution in [0, 0.1) is 0 Å². The van der Waals surface area contributed by atoms with E-state index in [9.17, 15) is 0 Å². The molecule has 0 bridgehead atoms. The summed E-state index contributed by atoms with van der Waals surface area (Å²) in [5.74, 6) is 0.714. The van der Waals surface area contributed by atoms with Crippen LogP contribution in [-0.2, 0) is 4.74 Å². The number of aliphatic imine (C=N–C) groups is 1. The summed E-state index contributed by atoms with van der Waals surface area (Å²) in [5, 5.41) is 0. The van der Waals surface area contributed by atoms with Gasteiger partial charge in [0.25, 0.3) is 0 Å². The maximum atomic E-state index is 6.16. The highest BCUT2D eigenvalue weighted by atomic mass is 16.5. The molecule has 0 radical (unpaired) electrons. The molecule has 16 heavy (non-hydrogen) atoms. The predicted octanol–water partition coefficient (Wildman–Crippen LogP) is 2.88. The molecule has 0 saturated heterocycles. The lowest BCUT2D eigenvalue weighted by molar-refractivity contribution is 0.00307. The highest BCUT2D eigenvalue weighted by Crippen LogP contribution is 2.31. The van der Waals surface area contributed by atoms with Gasteiger partial charge >= 0.3 is 0 Å². The van der Waals surface area contributed by atoms with Gasteiger partial charge in [-0.3, -0.25) is 4.99 Å². The SMILES string of the molecule is CCOC1(C(N)=NC(C)C)CCCCCC1. The molecule has 0 spiro atoms. The van der Waals surface area contributed by atoms with Gasteiger partial charge < -0.3 is 10.5 Å². The summed E-state index contributed by atoms with van der Waals surface area (Å²) in [4.78, 5) is 4.50. The van der Waals surface area contributed by atoms with Gasteiger partial charge in [0.2, 0.25) is 0 Å². The standard InChI is InChI=1S/C13H26N2O/c1-4-16-13(12(14)15-11(2)3)9-7-5-6-8-10-13/h11H,4-10H2,1-3H3,(H2,14,15). The Morgan fingerprint density at radius 3 is 2.25 bits per heavy atom. The van der Waals surface area contributed by atoms with Gasteiger partial charge in [-0.25, -0.2) is 0 Å². The first-order chi connectivity index (χ1) is 7.60. The van der Waals surface area contributed by atoms with Crippen molar-refractivity contribution in [2.45, 2.75) is 70.9 Å². The van der Waals surface area contributed by atoms with E-state index in [1.54, 1.807) is 0 Å². The van der Waals surface area contributed by atoms with Crippen molar-refractivity contribution < 1.29 is 4.74 Å². The van der Waals surface area contributed by atoms with Gasteiger partial charge in [0.1, 0.15) is 11.4 Å². The van der Waals surface area contributed by atoms with Crippen LogP contribution in [0.3, 0.4) is 0 Å². The van der Waals surface area contributed by atoms with Crippen molar-refractivity contribution >= 4 is 5.84 Å². The topological polar surface area (TPSA) is 47.6 Å². The molecular formula is C13H26N2O. The Kier molecular flexibility index (Phi) is 5.26. The van der Waals surface area contributed by atoms with Crippen molar-refractivity contribution in [2.75, 3.05) is 6.61 Å². The van der Waals surface area contributed by atoms with Crippen molar-refractivity contribution in [1.82, 2.24) is 0 Å². The van der Waals surface area contributed by atoms with Crippen LogP contribution < -0.4 is 5.73 Å². The number of nitrogens with two attached hydrogens (primary N) is 1. The summed E-state index contributed by atoms with van der Waals surface area (Å²) in [6.45, 7) is 6.87. The second-order valence-electron chi connectivity index (χ2n) is 4.95. The molecule has 3 nitrogen and oxygen atoms in total. The Bertz CT molecular complexity index is 228. The van der Waals surface area contributed by atoms with Gasteiger partial charge in [-0.2, -0.15) is 0 Å². The zero-order chi connectivity index (χ0) is 12.0. The third-order valence-electron chi connectivity index (χ3n) is 3.20. The van der Waals surface area contributed by atoms with Gasteiger partial charge in [0.15, 0.2) is 0 Å². The van der Waals surface area contributed by atoms with E-state index in [-0.39, 0.29) is 11.6 Å². The third kappa shape index (κ3) is 3.48. The van der Waals surface area contributed by atoms with Crippen molar-refractivity contribution in [3.8, 4) is 0 Å². The minimum absolute atomic E-state index is 0.251. The van der Waals surface area contributed by atoms with Gasteiger partial charge in [-0.15, -0.1) is 0 Å². The molecule has 1 aliphatic carbocycles. The maximum Gasteiger partial charge on any atom is 0.127 e. The number of rotatable bonds is 4. The van der Waals surface area contributed by atoms with Crippen LogP contribution in [0.5, 0.6) is 0 Å². The molecule has 1 fully saturated rings. The number of hydrogen-bond donors (Lipinski definition) is 1.